The fraction of sp³-hybridized carbons (Fsp3) is 0.188. The van der Waals surface area contributed by atoms with Crippen LogP contribution in [0.4, 0.5) is 20.2 Å². The number of fused-ring (bicyclic) bond motifs is 1. The van der Waals surface area contributed by atoms with Gasteiger partial charge in [0.25, 0.3) is 0 Å². The third-order valence-corrected chi connectivity index (χ3v) is 8.23. The standard InChI is InChI=1S/C16H13Cl2NO4.C16H15F2N3O4S/c17-11-5-3-6-12(18)16(11)19-13-7-2-1-4-10(13)8-15(22)23-9-14(20)21;1-23-13-5-6-19-12(14(13)24-2)8-26(22)16-20-10-4-3-9(25-15(17)18)7-11(10)21-16/h1-7,19H,8-9H2,(H,20,21);3-7,15H,8H2,1-2H3,(H,20,21)/t;26-/m.0/s1. The number of carbonyl (C=O) groups excluding carboxylic acids is 1. The molecule has 5 aromatic rings. The molecular weight excluding hydrogens is 709 g/mol. The number of ether oxygens (including phenoxy) is 4. The first-order valence-electron chi connectivity index (χ1n) is 14.0. The van der Waals surface area contributed by atoms with E-state index in [9.17, 15) is 22.6 Å². The summed E-state index contributed by atoms with van der Waals surface area (Å²) in [4.78, 5) is 33.4. The van der Waals surface area contributed by atoms with E-state index in [0.29, 0.717) is 55.2 Å². The van der Waals surface area contributed by atoms with E-state index in [4.69, 9.17) is 37.8 Å². The normalized spacial score (nSPS) is 11.3. The summed E-state index contributed by atoms with van der Waals surface area (Å²) in [6, 6.07) is 18.1. The highest BCUT2D eigenvalue weighted by molar-refractivity contribution is 7.84. The minimum atomic E-state index is -2.92. The summed E-state index contributed by atoms with van der Waals surface area (Å²) in [5.41, 5.74) is 3.18. The van der Waals surface area contributed by atoms with E-state index in [1.165, 1.54) is 38.6 Å². The van der Waals surface area contributed by atoms with Crippen LogP contribution in [0.2, 0.25) is 10.0 Å². The molecule has 17 heteroatoms. The maximum atomic E-state index is 12.6. The number of aliphatic carboxylic acids is 1. The molecule has 0 aliphatic heterocycles. The van der Waals surface area contributed by atoms with Gasteiger partial charge in [-0.05, 0) is 35.9 Å². The number of nitrogens with zero attached hydrogens (tertiary/aromatic N) is 2. The van der Waals surface area contributed by atoms with Gasteiger partial charge in [0.15, 0.2) is 23.3 Å². The molecule has 1 atom stereocenters. The summed E-state index contributed by atoms with van der Waals surface area (Å²) < 4.78 is 56.7. The first kappa shape index (κ1) is 36.8. The maximum absolute atomic E-state index is 12.6. The van der Waals surface area contributed by atoms with Crippen molar-refractivity contribution >= 4 is 68.3 Å². The van der Waals surface area contributed by atoms with Gasteiger partial charge in [0.05, 0.1) is 69.7 Å². The highest BCUT2D eigenvalue weighted by Gasteiger charge is 2.18. The number of methoxy groups -OCH3 is 2. The van der Waals surface area contributed by atoms with Gasteiger partial charge in [0.2, 0.25) is 0 Å². The minimum absolute atomic E-state index is 0.00962. The van der Waals surface area contributed by atoms with Crippen LogP contribution in [0.25, 0.3) is 11.0 Å². The summed E-state index contributed by atoms with van der Waals surface area (Å²) >= 11 is 12.2. The lowest BCUT2D eigenvalue weighted by molar-refractivity contribution is -0.154. The molecule has 0 amide bonds. The molecule has 5 rings (SSSR count). The Labute approximate surface area is 290 Å². The fourth-order valence-electron chi connectivity index (χ4n) is 4.29. The number of carbonyl (C=O) groups is 2. The number of halogens is 4. The molecule has 0 aliphatic carbocycles. The Morgan fingerprint density at radius 3 is 2.43 bits per heavy atom. The number of hydrogen-bond acceptors (Lipinski definition) is 10. The molecule has 0 saturated carbocycles. The zero-order valence-electron chi connectivity index (χ0n) is 25.7. The Hall–Kier alpha value is -4.99. The first-order valence-corrected chi connectivity index (χ1v) is 16.1. The molecule has 258 valence electrons. The van der Waals surface area contributed by atoms with Crippen LogP contribution < -0.4 is 19.5 Å². The number of carboxylic acid groups (broad SMARTS) is 1. The van der Waals surface area contributed by atoms with Crippen LogP contribution in [-0.4, -0.2) is 63.6 Å². The molecule has 0 bridgehead atoms. The Kier molecular flexibility index (Phi) is 13.1. The number of carboxylic acids is 1. The highest BCUT2D eigenvalue weighted by atomic mass is 35.5. The number of benzene rings is 3. The van der Waals surface area contributed by atoms with Crippen LogP contribution in [0.5, 0.6) is 17.2 Å². The average molecular weight is 738 g/mol. The van der Waals surface area contributed by atoms with Crippen molar-refractivity contribution < 1.29 is 46.6 Å². The number of pyridine rings is 1. The molecule has 12 nitrogen and oxygen atoms in total. The van der Waals surface area contributed by atoms with Crippen LogP contribution in [0.3, 0.4) is 0 Å². The van der Waals surface area contributed by atoms with Crippen molar-refractivity contribution in [1.82, 2.24) is 15.0 Å². The van der Waals surface area contributed by atoms with Gasteiger partial charge in [0.1, 0.15) is 5.75 Å². The SMILES string of the molecule is COc1ccnc(C[S@](=O)c2nc3ccc(OC(F)F)cc3[nH]2)c1OC.O=C(O)COC(=O)Cc1ccccc1Nc1c(Cl)cccc1Cl. The van der Waals surface area contributed by atoms with E-state index in [1.54, 1.807) is 48.5 Å². The number of H-pyrrole nitrogens is 1. The van der Waals surface area contributed by atoms with Crippen molar-refractivity contribution in [2.45, 2.75) is 23.9 Å². The van der Waals surface area contributed by atoms with Crippen LogP contribution in [0.1, 0.15) is 11.3 Å². The van der Waals surface area contributed by atoms with Crippen molar-refractivity contribution in [3.05, 3.63) is 94.2 Å². The lowest BCUT2D eigenvalue weighted by atomic mass is 10.1. The minimum Gasteiger partial charge on any atom is -0.493 e. The van der Waals surface area contributed by atoms with Gasteiger partial charge in [-0.1, -0.05) is 47.5 Å². The topological polar surface area (TPSA) is 162 Å². The monoisotopic (exact) mass is 736 g/mol. The second-order valence-corrected chi connectivity index (χ2v) is 11.9. The van der Waals surface area contributed by atoms with Gasteiger partial charge < -0.3 is 34.4 Å². The van der Waals surface area contributed by atoms with Crippen molar-refractivity contribution in [2.75, 3.05) is 26.1 Å². The van der Waals surface area contributed by atoms with E-state index in [0.717, 1.165) is 0 Å². The number of para-hydroxylation sites is 2. The van der Waals surface area contributed by atoms with Gasteiger partial charge in [-0.2, -0.15) is 8.78 Å². The van der Waals surface area contributed by atoms with Gasteiger partial charge in [0, 0.05) is 24.0 Å². The fourth-order valence-corrected chi connectivity index (χ4v) is 5.80. The van der Waals surface area contributed by atoms with Crippen molar-refractivity contribution in [3.8, 4) is 17.2 Å². The molecule has 2 aromatic heterocycles. The van der Waals surface area contributed by atoms with Gasteiger partial charge in [-0.25, -0.2) is 9.78 Å². The average Bonchev–Trinajstić information content (AvgIpc) is 3.50. The van der Waals surface area contributed by atoms with Crippen molar-refractivity contribution in [1.29, 1.82) is 0 Å². The van der Waals surface area contributed by atoms with Gasteiger partial charge in [-0.15, -0.1) is 0 Å². The van der Waals surface area contributed by atoms with Crippen LogP contribution >= 0.6 is 23.2 Å². The molecule has 3 aromatic carbocycles. The zero-order valence-corrected chi connectivity index (χ0v) is 28.1. The molecule has 0 spiro atoms. The molecule has 0 unspecified atom stereocenters. The number of alkyl halides is 2. The van der Waals surface area contributed by atoms with Gasteiger partial charge >= 0.3 is 18.6 Å². The predicted molar refractivity (Wildman–Crippen MR) is 179 cm³/mol. The summed E-state index contributed by atoms with van der Waals surface area (Å²) in [5.74, 6) is -0.926. The van der Waals surface area contributed by atoms with E-state index < -0.39 is 36.0 Å². The number of aromatic nitrogens is 3. The number of imidazole rings is 1. The van der Waals surface area contributed by atoms with Gasteiger partial charge in [-0.3, -0.25) is 14.0 Å². The summed E-state index contributed by atoms with van der Waals surface area (Å²) in [7, 11) is 1.41. The Morgan fingerprint density at radius 2 is 1.76 bits per heavy atom. The summed E-state index contributed by atoms with van der Waals surface area (Å²) in [6.07, 6.45) is 1.46. The number of esters is 1. The molecule has 0 saturated heterocycles. The Bertz CT molecular complexity index is 1940. The Balaban J connectivity index is 0.000000223. The lowest BCUT2D eigenvalue weighted by Gasteiger charge is -2.14. The third-order valence-electron chi connectivity index (χ3n) is 6.44. The molecule has 0 aliphatic rings. The van der Waals surface area contributed by atoms with Crippen LogP contribution in [0.15, 0.2) is 78.1 Å². The van der Waals surface area contributed by atoms with Crippen molar-refractivity contribution in [2.24, 2.45) is 0 Å². The molecule has 2 heterocycles. The number of nitrogens with one attached hydrogen (secondary N) is 2. The molecule has 3 N–H and O–H groups in total. The predicted octanol–water partition coefficient (Wildman–Crippen LogP) is 6.79. The molecule has 0 radical (unpaired) electrons. The van der Waals surface area contributed by atoms with Crippen LogP contribution in [0, 0.1) is 0 Å². The summed E-state index contributed by atoms with van der Waals surface area (Å²) in [6.45, 7) is -3.58. The third kappa shape index (κ3) is 10.2. The lowest BCUT2D eigenvalue weighted by Crippen LogP contribution is -2.15. The smallest absolute Gasteiger partial charge is 0.387 e. The number of rotatable bonds is 13. The van der Waals surface area contributed by atoms with E-state index in [2.05, 4.69) is 29.7 Å². The summed E-state index contributed by atoms with van der Waals surface area (Å²) in [5, 5.41) is 12.7. The van der Waals surface area contributed by atoms with Crippen LogP contribution in [-0.2, 0) is 37.3 Å². The molecule has 49 heavy (non-hydrogen) atoms. The zero-order chi connectivity index (χ0) is 35.5. The number of anilines is 2. The molecular formula is C32H28Cl2F2N4O8S. The molecule has 0 fully saturated rings. The maximum Gasteiger partial charge on any atom is 0.387 e. The number of hydrogen-bond donors (Lipinski definition) is 3. The Morgan fingerprint density at radius 1 is 1.02 bits per heavy atom. The number of aromatic amines is 1. The second-order valence-electron chi connectivity index (χ2n) is 9.69. The first-order chi connectivity index (χ1) is 23.5. The van der Waals surface area contributed by atoms with E-state index >= 15 is 0 Å². The van der Waals surface area contributed by atoms with E-state index in [-0.39, 0.29) is 23.1 Å². The highest BCUT2D eigenvalue weighted by Crippen LogP contribution is 2.34. The van der Waals surface area contributed by atoms with Crippen molar-refractivity contribution in [3.63, 3.8) is 0 Å². The van der Waals surface area contributed by atoms with E-state index in [1.807, 2.05) is 0 Å². The quantitative estimate of drug-likeness (QED) is 0.109. The largest absolute Gasteiger partial charge is 0.493 e. The second kappa shape index (κ2) is 17.4.